The molecule has 2 aromatic carbocycles. The highest BCUT2D eigenvalue weighted by Crippen LogP contribution is 2.03. The van der Waals surface area contributed by atoms with Crippen molar-refractivity contribution in [2.24, 2.45) is 0 Å². The van der Waals surface area contributed by atoms with E-state index >= 15 is 0 Å². The van der Waals surface area contributed by atoms with E-state index in [1.165, 1.54) is 12.2 Å². The fraction of sp³-hybridized carbons (Fsp3) is 0.0476. The first-order chi connectivity index (χ1) is 13.0. The minimum absolute atomic E-state index is 0.747. The second-order valence-electron chi connectivity index (χ2n) is 5.25. The Morgan fingerprint density at radius 2 is 1.00 bits per heavy atom. The second-order valence-corrected chi connectivity index (χ2v) is 5.25. The Morgan fingerprint density at radius 3 is 1.37 bits per heavy atom. The smallest absolute Gasteiger partial charge is 0.338 e. The molecule has 6 heteroatoms. The zero-order valence-electron chi connectivity index (χ0n) is 14.2. The molecule has 2 rings (SSSR count). The highest BCUT2D eigenvalue weighted by Gasteiger charge is 2.16. The van der Waals surface area contributed by atoms with Gasteiger partial charge >= 0.3 is 23.9 Å². The Hall–Kier alpha value is -3.80. The minimum Gasteiger partial charge on any atom is -0.389 e. The molecule has 136 valence electrons. The quantitative estimate of drug-likeness (QED) is 0.445. The molecule has 0 aliphatic rings. The summed E-state index contributed by atoms with van der Waals surface area (Å²) in [6.07, 6.45) is 4.20. The molecule has 0 aliphatic carbocycles. The van der Waals surface area contributed by atoms with Crippen LogP contribution in [-0.4, -0.2) is 23.9 Å². The van der Waals surface area contributed by atoms with Crippen molar-refractivity contribution < 1.29 is 28.7 Å². The molecule has 0 amide bonds. The van der Waals surface area contributed by atoms with Gasteiger partial charge in [0.05, 0.1) is 0 Å². The van der Waals surface area contributed by atoms with Crippen LogP contribution in [0.5, 0.6) is 0 Å². The van der Waals surface area contributed by atoms with E-state index in [0.29, 0.717) is 0 Å². The molecule has 0 unspecified atom stereocenters. The van der Waals surface area contributed by atoms with Crippen molar-refractivity contribution in [3.05, 3.63) is 83.9 Å². The predicted molar refractivity (Wildman–Crippen MR) is 97.8 cm³/mol. The maximum atomic E-state index is 11.5. The number of carbonyl (C=O) groups excluding carboxylic acids is 4. The molecule has 0 spiro atoms. The van der Waals surface area contributed by atoms with Gasteiger partial charge < -0.3 is 9.47 Å². The third kappa shape index (κ3) is 7.74. The molecule has 0 bridgehead atoms. The number of hydrogen-bond donors (Lipinski definition) is 0. The number of benzene rings is 2. The summed E-state index contributed by atoms with van der Waals surface area (Å²) in [6, 6.07) is 17.8. The molecule has 0 N–H and O–H groups in total. The minimum atomic E-state index is -1.11. The Morgan fingerprint density at radius 1 is 0.630 bits per heavy atom. The van der Waals surface area contributed by atoms with Crippen LogP contribution in [0.3, 0.4) is 0 Å². The molecule has 0 saturated carbocycles. The molecule has 27 heavy (non-hydrogen) atoms. The summed E-state index contributed by atoms with van der Waals surface area (Å²) in [5.41, 5.74) is 1.49. The Kier molecular flexibility index (Phi) is 7.41. The lowest BCUT2D eigenvalue weighted by Gasteiger charge is -2.00. The Balaban J connectivity index is 1.75. The Bertz CT molecular complexity index is 793. The second kappa shape index (κ2) is 10.2. The third-order valence-corrected chi connectivity index (χ3v) is 3.14. The van der Waals surface area contributed by atoms with E-state index in [4.69, 9.17) is 0 Å². The van der Waals surface area contributed by atoms with E-state index in [2.05, 4.69) is 9.47 Å². The van der Waals surface area contributed by atoms with Crippen molar-refractivity contribution >= 4 is 36.0 Å². The fourth-order valence-corrected chi connectivity index (χ4v) is 1.94. The molecule has 0 aromatic heterocycles. The van der Waals surface area contributed by atoms with Gasteiger partial charge in [-0.1, -0.05) is 60.7 Å². The molecule has 0 saturated heterocycles. The largest absolute Gasteiger partial charge is 0.389 e. The number of hydrogen-bond acceptors (Lipinski definition) is 6. The van der Waals surface area contributed by atoms with Gasteiger partial charge in [-0.05, 0) is 23.3 Å². The summed E-state index contributed by atoms with van der Waals surface area (Å²) >= 11 is 0. The molecular weight excluding hydrogens is 348 g/mol. The lowest BCUT2D eigenvalue weighted by molar-refractivity contribution is -0.162. The van der Waals surface area contributed by atoms with Gasteiger partial charge in [-0.2, -0.15) is 0 Å². The number of ether oxygens (including phenoxy) is 2. The fourth-order valence-electron chi connectivity index (χ4n) is 1.94. The van der Waals surface area contributed by atoms with E-state index in [1.807, 2.05) is 12.1 Å². The van der Waals surface area contributed by atoms with E-state index < -0.39 is 30.3 Å². The van der Waals surface area contributed by atoms with Crippen molar-refractivity contribution in [2.75, 3.05) is 0 Å². The first-order valence-electron chi connectivity index (χ1n) is 7.98. The van der Waals surface area contributed by atoms with Gasteiger partial charge in [0.1, 0.15) is 6.42 Å². The SMILES string of the molecule is O=C(C=Cc1ccccc1)OC(=O)CC(=O)OC(=O)C=Cc1ccccc1. The average Bonchev–Trinajstić information content (AvgIpc) is 2.66. The molecule has 0 radical (unpaired) electrons. The predicted octanol–water partition coefficient (Wildman–Crippen LogP) is 2.94. The van der Waals surface area contributed by atoms with E-state index in [0.717, 1.165) is 23.3 Å². The van der Waals surface area contributed by atoms with Crippen LogP contribution >= 0.6 is 0 Å². The first kappa shape index (κ1) is 19.5. The van der Waals surface area contributed by atoms with Crippen LogP contribution in [0, 0.1) is 0 Å². The molecule has 2 aromatic rings. The van der Waals surface area contributed by atoms with Crippen LogP contribution in [-0.2, 0) is 28.7 Å². The average molecular weight is 364 g/mol. The molecular formula is C21H16O6. The van der Waals surface area contributed by atoms with Crippen LogP contribution in [0.4, 0.5) is 0 Å². The molecule has 0 fully saturated rings. The maximum Gasteiger partial charge on any atom is 0.338 e. The van der Waals surface area contributed by atoms with Crippen LogP contribution < -0.4 is 0 Å². The zero-order chi connectivity index (χ0) is 19.5. The highest BCUT2D eigenvalue weighted by atomic mass is 16.6. The van der Waals surface area contributed by atoms with E-state index in [9.17, 15) is 19.2 Å². The van der Waals surface area contributed by atoms with Gasteiger partial charge in [0.15, 0.2) is 0 Å². The topological polar surface area (TPSA) is 86.7 Å². The van der Waals surface area contributed by atoms with Crippen LogP contribution in [0.25, 0.3) is 12.2 Å². The summed E-state index contributed by atoms with van der Waals surface area (Å²) < 4.78 is 8.92. The van der Waals surface area contributed by atoms with E-state index in [1.54, 1.807) is 48.5 Å². The van der Waals surface area contributed by atoms with Crippen LogP contribution in [0.2, 0.25) is 0 Å². The van der Waals surface area contributed by atoms with Crippen molar-refractivity contribution in [3.8, 4) is 0 Å². The van der Waals surface area contributed by atoms with Gasteiger partial charge in [0.25, 0.3) is 0 Å². The highest BCUT2D eigenvalue weighted by molar-refractivity contribution is 6.03. The van der Waals surface area contributed by atoms with Gasteiger partial charge in [-0.25, -0.2) is 9.59 Å². The lowest BCUT2D eigenvalue weighted by Crippen LogP contribution is -2.18. The summed E-state index contributed by atoms with van der Waals surface area (Å²) in [4.78, 5) is 46.1. The maximum absolute atomic E-state index is 11.5. The number of carbonyl (C=O) groups is 4. The Labute approximate surface area is 155 Å². The van der Waals surface area contributed by atoms with Gasteiger partial charge in [0.2, 0.25) is 0 Å². The van der Waals surface area contributed by atoms with Crippen molar-refractivity contribution in [3.63, 3.8) is 0 Å². The van der Waals surface area contributed by atoms with Gasteiger partial charge in [-0.3, -0.25) is 9.59 Å². The monoisotopic (exact) mass is 364 g/mol. The van der Waals surface area contributed by atoms with E-state index in [-0.39, 0.29) is 0 Å². The standard InChI is InChI=1S/C21H16O6/c22-18(13-11-16-7-3-1-4-8-16)26-20(24)15-21(25)27-19(23)14-12-17-9-5-2-6-10-17/h1-14H,15H2. The number of rotatable bonds is 6. The molecule has 0 aliphatic heterocycles. The third-order valence-electron chi connectivity index (χ3n) is 3.14. The summed E-state index contributed by atoms with van der Waals surface area (Å²) in [5, 5.41) is 0. The summed E-state index contributed by atoms with van der Waals surface area (Å²) in [5.74, 6) is -4.07. The summed E-state index contributed by atoms with van der Waals surface area (Å²) in [7, 11) is 0. The van der Waals surface area contributed by atoms with Crippen molar-refractivity contribution in [1.82, 2.24) is 0 Å². The normalized spacial score (nSPS) is 10.7. The van der Waals surface area contributed by atoms with Crippen molar-refractivity contribution in [2.45, 2.75) is 6.42 Å². The van der Waals surface area contributed by atoms with Gasteiger partial charge in [0, 0.05) is 12.2 Å². The molecule has 6 nitrogen and oxygen atoms in total. The molecule has 0 atom stereocenters. The number of esters is 4. The van der Waals surface area contributed by atoms with Crippen LogP contribution in [0.1, 0.15) is 17.5 Å². The lowest BCUT2D eigenvalue weighted by atomic mass is 10.2. The van der Waals surface area contributed by atoms with Gasteiger partial charge in [-0.15, -0.1) is 0 Å². The molecule has 0 heterocycles. The zero-order valence-corrected chi connectivity index (χ0v) is 14.2. The first-order valence-corrected chi connectivity index (χ1v) is 7.98. The summed E-state index contributed by atoms with van der Waals surface area (Å²) in [6.45, 7) is 0. The van der Waals surface area contributed by atoms with Crippen molar-refractivity contribution in [1.29, 1.82) is 0 Å². The van der Waals surface area contributed by atoms with Crippen LogP contribution in [0.15, 0.2) is 72.8 Å².